The van der Waals surface area contributed by atoms with Crippen molar-refractivity contribution in [2.24, 2.45) is 5.73 Å². The summed E-state index contributed by atoms with van der Waals surface area (Å²) in [5.74, 6) is 0.136. The van der Waals surface area contributed by atoms with Gasteiger partial charge < -0.3 is 25.4 Å². The number of phenolic OH excluding ortho intramolecular Hbond substituents is 1. The lowest BCUT2D eigenvalue weighted by Gasteiger charge is -2.37. The zero-order valence-corrected chi connectivity index (χ0v) is 23.4. The van der Waals surface area contributed by atoms with Crippen LogP contribution < -0.4 is 20.5 Å². The molecule has 5 N–H and O–H groups in total. The lowest BCUT2D eigenvalue weighted by molar-refractivity contribution is -0.138. The van der Waals surface area contributed by atoms with Crippen molar-refractivity contribution in [1.82, 2.24) is 5.32 Å². The van der Waals surface area contributed by atoms with Crippen molar-refractivity contribution in [2.45, 2.75) is 62.7 Å². The van der Waals surface area contributed by atoms with E-state index in [1.165, 1.54) is 0 Å². The van der Waals surface area contributed by atoms with Crippen molar-refractivity contribution in [3.05, 3.63) is 52.1 Å². The fourth-order valence-electron chi connectivity index (χ4n) is 4.57. The summed E-state index contributed by atoms with van der Waals surface area (Å²) >= 11 is 1.92. The number of aromatic hydroxyl groups is 1. The average molecular weight is 561 g/mol. The van der Waals surface area contributed by atoms with E-state index in [9.17, 15) is 19.5 Å². The molecule has 9 nitrogen and oxygen atoms in total. The van der Waals surface area contributed by atoms with Crippen LogP contribution in [0.1, 0.15) is 41.2 Å². The Morgan fingerprint density at radius 1 is 1.21 bits per heavy atom. The Labute approximate surface area is 229 Å². The van der Waals surface area contributed by atoms with Crippen LogP contribution >= 0.6 is 23.5 Å². The third-order valence-electron chi connectivity index (χ3n) is 7.13. The number of thioether (sulfide) groups is 2. The number of carboxylic acid groups (broad SMARTS) is 1. The molecule has 0 bridgehead atoms. The van der Waals surface area contributed by atoms with E-state index in [-0.39, 0.29) is 12.2 Å². The highest BCUT2D eigenvalue weighted by Crippen LogP contribution is 2.45. The Morgan fingerprint density at radius 2 is 1.89 bits per heavy atom. The number of hydrogen-bond donors (Lipinski definition) is 4. The molecule has 2 aliphatic rings. The fraction of sp³-hybridized carbons (Fsp3) is 0.444. The maximum Gasteiger partial charge on any atom is 0.321 e. The number of nitrogens with one attached hydrogen (secondary N) is 1. The topological polar surface area (TPSA) is 148 Å². The number of aliphatic carboxylic acids is 1. The largest absolute Gasteiger partial charge is 0.507 e. The van der Waals surface area contributed by atoms with Gasteiger partial charge in [0.15, 0.2) is 4.08 Å². The molecule has 2 aromatic rings. The van der Waals surface area contributed by atoms with Gasteiger partial charge in [-0.25, -0.2) is 0 Å². The van der Waals surface area contributed by atoms with Crippen LogP contribution in [0, 0.1) is 20.8 Å². The second-order valence-electron chi connectivity index (χ2n) is 10.0. The number of carbonyl (C=O) groups excluding carboxylic acids is 2. The molecule has 2 aliphatic heterocycles. The van der Waals surface area contributed by atoms with Crippen LogP contribution in [0.25, 0.3) is 0 Å². The van der Waals surface area contributed by atoms with Crippen molar-refractivity contribution >= 4 is 40.6 Å². The number of fused-ring (bicyclic) bond motifs is 1. The van der Waals surface area contributed by atoms with Crippen molar-refractivity contribution < 1.29 is 34.1 Å². The minimum absolute atomic E-state index is 0.00984. The van der Waals surface area contributed by atoms with Crippen LogP contribution in [0.4, 0.5) is 4.79 Å². The van der Waals surface area contributed by atoms with Crippen LogP contribution in [0.15, 0.2) is 24.3 Å². The van der Waals surface area contributed by atoms with Gasteiger partial charge in [-0.05, 0) is 86.7 Å². The van der Waals surface area contributed by atoms with Gasteiger partial charge in [-0.3, -0.25) is 19.7 Å². The lowest BCUT2D eigenvalue weighted by Crippen LogP contribution is -2.42. The number of nitrogens with two attached hydrogens (primary N) is 1. The van der Waals surface area contributed by atoms with Gasteiger partial charge in [0.2, 0.25) is 0 Å². The van der Waals surface area contributed by atoms with Crippen molar-refractivity contribution in [2.75, 3.05) is 12.4 Å². The quantitative estimate of drug-likeness (QED) is 0.356. The molecule has 1 saturated heterocycles. The van der Waals surface area contributed by atoms with Crippen LogP contribution in [-0.2, 0) is 22.4 Å². The summed E-state index contributed by atoms with van der Waals surface area (Å²) < 4.78 is 11.3. The Morgan fingerprint density at radius 3 is 2.50 bits per heavy atom. The minimum Gasteiger partial charge on any atom is -0.507 e. The van der Waals surface area contributed by atoms with E-state index in [1.54, 1.807) is 12.1 Å². The molecule has 4 rings (SSSR count). The molecule has 0 radical (unpaired) electrons. The van der Waals surface area contributed by atoms with Gasteiger partial charge in [-0.2, -0.15) is 0 Å². The van der Waals surface area contributed by atoms with Crippen LogP contribution in [0.3, 0.4) is 0 Å². The minimum atomic E-state index is -1.19. The van der Waals surface area contributed by atoms with Gasteiger partial charge in [0.05, 0.1) is 0 Å². The fourth-order valence-corrected chi connectivity index (χ4v) is 7.11. The zero-order valence-electron chi connectivity index (χ0n) is 21.8. The van der Waals surface area contributed by atoms with Crippen molar-refractivity contribution in [3.63, 3.8) is 0 Å². The molecule has 0 aromatic heterocycles. The first kappa shape index (κ1) is 28.1. The van der Waals surface area contributed by atoms with Gasteiger partial charge in [-0.1, -0.05) is 12.1 Å². The van der Waals surface area contributed by atoms with Gasteiger partial charge >= 0.3 is 5.97 Å². The maximum absolute atomic E-state index is 12.6. The molecular formula is C27H32N2O7S2. The molecule has 0 saturated carbocycles. The molecule has 2 aromatic carbocycles. The number of benzene rings is 2. The summed E-state index contributed by atoms with van der Waals surface area (Å²) in [5.41, 5.74) is 9.52. The van der Waals surface area contributed by atoms with Gasteiger partial charge in [0, 0.05) is 17.7 Å². The first-order chi connectivity index (χ1) is 17.8. The molecule has 3 unspecified atom stereocenters. The summed E-state index contributed by atoms with van der Waals surface area (Å²) in [4.78, 5) is 35.7. The number of carbonyl (C=O) groups is 3. The Hall–Kier alpha value is -2.89. The van der Waals surface area contributed by atoms with Crippen LogP contribution in [0.2, 0.25) is 0 Å². The normalized spacial score (nSPS) is 23.4. The van der Waals surface area contributed by atoms with E-state index in [0.29, 0.717) is 18.1 Å². The predicted octanol–water partition coefficient (Wildman–Crippen LogP) is 3.85. The molecule has 2 heterocycles. The second-order valence-corrected chi connectivity index (χ2v) is 12.9. The summed E-state index contributed by atoms with van der Waals surface area (Å²) in [6, 6.07) is 6.10. The van der Waals surface area contributed by atoms with Gasteiger partial charge in [0.25, 0.3) is 11.1 Å². The van der Waals surface area contributed by atoms with E-state index >= 15 is 0 Å². The molecule has 204 valence electrons. The highest BCUT2D eigenvalue weighted by Gasteiger charge is 2.49. The highest BCUT2D eigenvalue weighted by molar-refractivity contribution is 8.27. The number of imide groups is 1. The van der Waals surface area contributed by atoms with E-state index in [1.807, 2.05) is 39.8 Å². The number of ether oxygens (including phenoxy) is 2. The molecular weight excluding hydrogens is 528 g/mol. The third kappa shape index (κ3) is 5.60. The summed E-state index contributed by atoms with van der Waals surface area (Å²) in [7, 11) is 0. The zero-order chi connectivity index (χ0) is 27.8. The molecule has 3 atom stereocenters. The van der Waals surface area contributed by atoms with Gasteiger partial charge in [-0.15, -0.1) is 11.8 Å². The van der Waals surface area contributed by atoms with Crippen molar-refractivity contribution in [1.29, 1.82) is 0 Å². The number of rotatable bonds is 9. The molecule has 0 spiro atoms. The SMILES string of the molecule is Cc1c(C)c2c(c(C)c1O)CCC(C)(COc1ccc(CC3(SCC(N)C(=O)O)SC(=O)NC3=O)cc1)O2. The third-order valence-corrected chi connectivity index (χ3v) is 10.0. The number of carboxylic acids is 1. The Bertz CT molecular complexity index is 1280. The molecule has 1 fully saturated rings. The number of hydrogen-bond acceptors (Lipinski definition) is 9. The smallest absolute Gasteiger partial charge is 0.321 e. The number of phenols is 1. The second kappa shape index (κ2) is 10.7. The van der Waals surface area contributed by atoms with E-state index in [2.05, 4.69) is 5.32 Å². The standard InChI is InChI=1S/C27H32N2O7S2/c1-14-15(2)22-19(16(3)21(14)30)9-10-26(4,36-22)13-35-18-7-5-17(6-8-18)11-27(24(33)29-25(34)38-27)37-12-20(28)23(31)32/h5-8,20,30H,9-13,28H2,1-4H3,(H,31,32)(H,29,33,34). The molecule has 0 aliphatic carbocycles. The summed E-state index contributed by atoms with van der Waals surface area (Å²) in [5, 5.41) is 21.3. The maximum atomic E-state index is 12.6. The Balaban J connectivity index is 1.42. The van der Waals surface area contributed by atoms with E-state index in [4.69, 9.17) is 20.3 Å². The lowest BCUT2D eigenvalue weighted by atomic mass is 9.87. The number of amides is 2. The first-order valence-electron chi connectivity index (χ1n) is 12.2. The van der Waals surface area contributed by atoms with Gasteiger partial charge in [0.1, 0.15) is 35.5 Å². The predicted molar refractivity (Wildman–Crippen MR) is 147 cm³/mol. The average Bonchev–Trinajstić information content (AvgIpc) is 3.16. The summed E-state index contributed by atoms with van der Waals surface area (Å²) in [6.45, 7) is 8.09. The Kier molecular flexibility index (Phi) is 7.92. The molecule has 2 amide bonds. The summed E-state index contributed by atoms with van der Waals surface area (Å²) in [6.07, 6.45) is 1.73. The van der Waals surface area contributed by atoms with Crippen LogP contribution in [0.5, 0.6) is 17.2 Å². The molecule has 38 heavy (non-hydrogen) atoms. The monoisotopic (exact) mass is 560 g/mol. The van der Waals surface area contributed by atoms with E-state index in [0.717, 1.165) is 69.9 Å². The highest BCUT2D eigenvalue weighted by atomic mass is 32.2. The van der Waals surface area contributed by atoms with Crippen LogP contribution in [-0.4, -0.2) is 55.4 Å². The van der Waals surface area contributed by atoms with Crippen molar-refractivity contribution in [3.8, 4) is 17.2 Å². The van der Waals surface area contributed by atoms with E-state index < -0.39 is 32.8 Å². The first-order valence-corrected chi connectivity index (χ1v) is 14.0. The molecule has 11 heteroatoms.